The Hall–Kier alpha value is -2.85. The monoisotopic (exact) mass is 331 g/mol. The summed E-state index contributed by atoms with van der Waals surface area (Å²) < 4.78 is 7.82. The molecule has 25 heavy (non-hydrogen) atoms. The molecule has 1 N–H and O–H groups in total. The van der Waals surface area contributed by atoms with Crippen LogP contribution in [0.4, 0.5) is 0 Å². The maximum absolute atomic E-state index is 5.96. The molecular weight excluding hydrogens is 310 g/mol. The molecule has 2 heterocycles. The van der Waals surface area contributed by atoms with E-state index in [9.17, 15) is 0 Å². The Labute approximate surface area is 147 Å². The van der Waals surface area contributed by atoms with E-state index in [4.69, 9.17) is 4.42 Å². The Morgan fingerprint density at radius 2 is 1.84 bits per heavy atom. The van der Waals surface area contributed by atoms with Crippen molar-refractivity contribution in [3.05, 3.63) is 83.9 Å². The average Bonchev–Trinajstić information content (AvgIpc) is 3.30. The molecule has 0 bridgehead atoms. The fourth-order valence-corrected chi connectivity index (χ4v) is 3.15. The minimum Gasteiger partial charge on any atom is -0.461 e. The molecule has 2 aromatic heterocycles. The van der Waals surface area contributed by atoms with Crippen molar-refractivity contribution >= 4 is 11.0 Å². The highest BCUT2D eigenvalue weighted by Gasteiger charge is 2.11. The van der Waals surface area contributed by atoms with Crippen molar-refractivity contribution < 1.29 is 4.42 Å². The van der Waals surface area contributed by atoms with E-state index < -0.39 is 0 Å². The van der Waals surface area contributed by atoms with Crippen LogP contribution in [0.2, 0.25) is 0 Å². The van der Waals surface area contributed by atoms with E-state index in [-0.39, 0.29) is 0 Å². The Balaban J connectivity index is 1.44. The predicted octanol–water partition coefficient (Wildman–Crippen LogP) is 4.47. The van der Waals surface area contributed by atoms with Crippen molar-refractivity contribution in [3.8, 4) is 5.69 Å². The van der Waals surface area contributed by atoms with Crippen LogP contribution in [0, 0.1) is 0 Å². The number of hydrogen-bond donors (Lipinski definition) is 1. The van der Waals surface area contributed by atoms with E-state index in [1.165, 1.54) is 16.5 Å². The second-order valence-corrected chi connectivity index (χ2v) is 6.07. The summed E-state index contributed by atoms with van der Waals surface area (Å²) in [5.74, 6) is 1.07. The number of para-hydroxylation sites is 1. The van der Waals surface area contributed by atoms with E-state index >= 15 is 0 Å². The first-order chi connectivity index (χ1) is 12.3. The number of nitrogens with one attached hydrogen (secondary N) is 1. The van der Waals surface area contributed by atoms with Crippen LogP contribution in [0.5, 0.6) is 0 Å². The number of fused-ring (bicyclic) bond motifs is 1. The first-order valence-corrected chi connectivity index (χ1v) is 8.64. The number of furan rings is 1. The van der Waals surface area contributed by atoms with Crippen molar-refractivity contribution in [1.29, 1.82) is 0 Å². The topological polar surface area (TPSA) is 43.0 Å². The number of rotatable bonds is 6. The third-order valence-electron chi connectivity index (χ3n) is 4.44. The van der Waals surface area contributed by atoms with Crippen LogP contribution >= 0.6 is 0 Å². The molecular formula is C21H21N3O. The SMILES string of the molecule is CCc1oc2ccccc2c1CNCc1ccc(-n2cccn2)cc1. The van der Waals surface area contributed by atoms with E-state index in [0.29, 0.717) is 0 Å². The van der Waals surface area contributed by atoms with E-state index in [0.717, 1.165) is 36.5 Å². The molecule has 0 fully saturated rings. The molecule has 2 aromatic carbocycles. The van der Waals surface area contributed by atoms with Crippen LogP contribution in [0.3, 0.4) is 0 Å². The molecule has 0 saturated carbocycles. The molecule has 0 aliphatic rings. The Morgan fingerprint density at radius 1 is 1.00 bits per heavy atom. The van der Waals surface area contributed by atoms with Gasteiger partial charge in [-0.2, -0.15) is 5.10 Å². The number of aryl methyl sites for hydroxylation is 1. The molecule has 0 unspecified atom stereocenters. The van der Waals surface area contributed by atoms with Gasteiger partial charge in [0.1, 0.15) is 11.3 Å². The van der Waals surface area contributed by atoms with Crippen molar-refractivity contribution in [2.75, 3.05) is 0 Å². The van der Waals surface area contributed by atoms with Gasteiger partial charge in [0.2, 0.25) is 0 Å². The van der Waals surface area contributed by atoms with Crippen molar-refractivity contribution in [2.45, 2.75) is 26.4 Å². The van der Waals surface area contributed by atoms with Gasteiger partial charge in [-0.15, -0.1) is 0 Å². The molecule has 0 saturated heterocycles. The van der Waals surface area contributed by atoms with E-state index in [1.54, 1.807) is 6.20 Å². The fourth-order valence-electron chi connectivity index (χ4n) is 3.15. The Bertz CT molecular complexity index is 953. The summed E-state index contributed by atoms with van der Waals surface area (Å²) in [6, 6.07) is 18.6. The molecule has 4 rings (SSSR count). The summed E-state index contributed by atoms with van der Waals surface area (Å²) in [6.07, 6.45) is 4.64. The average molecular weight is 331 g/mol. The van der Waals surface area contributed by atoms with Crippen LogP contribution in [0.1, 0.15) is 23.8 Å². The van der Waals surface area contributed by atoms with Gasteiger partial charge in [-0.3, -0.25) is 0 Å². The molecule has 4 heteroatoms. The summed E-state index contributed by atoms with van der Waals surface area (Å²) in [4.78, 5) is 0. The van der Waals surface area contributed by atoms with Crippen molar-refractivity contribution in [2.24, 2.45) is 0 Å². The fraction of sp³-hybridized carbons (Fsp3) is 0.190. The summed E-state index contributed by atoms with van der Waals surface area (Å²) >= 11 is 0. The largest absolute Gasteiger partial charge is 0.461 e. The lowest BCUT2D eigenvalue weighted by molar-refractivity contribution is 0.544. The maximum atomic E-state index is 5.96. The third kappa shape index (κ3) is 3.21. The molecule has 0 aliphatic heterocycles. The molecule has 4 aromatic rings. The maximum Gasteiger partial charge on any atom is 0.134 e. The van der Waals surface area contributed by atoms with Crippen LogP contribution in [0.25, 0.3) is 16.7 Å². The minimum absolute atomic E-state index is 0.807. The van der Waals surface area contributed by atoms with Gasteiger partial charge in [-0.25, -0.2) is 4.68 Å². The lowest BCUT2D eigenvalue weighted by Gasteiger charge is -2.07. The van der Waals surface area contributed by atoms with Gasteiger partial charge < -0.3 is 9.73 Å². The van der Waals surface area contributed by atoms with Gasteiger partial charge in [-0.05, 0) is 29.8 Å². The van der Waals surface area contributed by atoms with Gasteiger partial charge in [0.05, 0.1) is 5.69 Å². The number of nitrogens with zero attached hydrogens (tertiary/aromatic N) is 2. The Morgan fingerprint density at radius 3 is 2.60 bits per heavy atom. The van der Waals surface area contributed by atoms with Gasteiger partial charge in [0.25, 0.3) is 0 Å². The zero-order valence-electron chi connectivity index (χ0n) is 14.3. The Kier molecular flexibility index (Phi) is 4.36. The third-order valence-corrected chi connectivity index (χ3v) is 4.44. The normalized spacial score (nSPS) is 11.2. The van der Waals surface area contributed by atoms with Gasteiger partial charge >= 0.3 is 0 Å². The van der Waals surface area contributed by atoms with Crippen LogP contribution in [-0.4, -0.2) is 9.78 Å². The molecule has 0 atom stereocenters. The smallest absolute Gasteiger partial charge is 0.134 e. The molecule has 0 amide bonds. The summed E-state index contributed by atoms with van der Waals surface area (Å²) in [5, 5.41) is 9.00. The van der Waals surface area contributed by atoms with Crippen LogP contribution in [0.15, 0.2) is 71.4 Å². The summed E-state index contributed by atoms with van der Waals surface area (Å²) in [6.45, 7) is 3.76. The van der Waals surface area contributed by atoms with Crippen LogP contribution < -0.4 is 5.32 Å². The second-order valence-electron chi connectivity index (χ2n) is 6.07. The number of aromatic nitrogens is 2. The first-order valence-electron chi connectivity index (χ1n) is 8.64. The zero-order valence-corrected chi connectivity index (χ0v) is 14.3. The predicted molar refractivity (Wildman–Crippen MR) is 99.7 cm³/mol. The number of benzene rings is 2. The zero-order chi connectivity index (χ0) is 17.1. The number of hydrogen-bond acceptors (Lipinski definition) is 3. The van der Waals surface area contributed by atoms with Gasteiger partial charge in [-0.1, -0.05) is 37.3 Å². The molecule has 0 radical (unpaired) electrons. The van der Waals surface area contributed by atoms with Crippen LogP contribution in [-0.2, 0) is 19.5 Å². The minimum atomic E-state index is 0.807. The molecule has 126 valence electrons. The van der Waals surface area contributed by atoms with E-state index in [1.807, 2.05) is 29.1 Å². The standard InChI is InChI=1S/C21H21N3O/c1-2-20-19(18-6-3-4-7-21(18)25-20)15-22-14-16-8-10-17(11-9-16)24-13-5-12-23-24/h3-13,22H,2,14-15H2,1H3. The lowest BCUT2D eigenvalue weighted by atomic mass is 10.1. The highest BCUT2D eigenvalue weighted by atomic mass is 16.3. The summed E-state index contributed by atoms with van der Waals surface area (Å²) in [7, 11) is 0. The second kappa shape index (κ2) is 6.95. The lowest BCUT2D eigenvalue weighted by Crippen LogP contribution is -2.13. The molecule has 0 aliphatic carbocycles. The first kappa shape index (κ1) is 15.7. The highest BCUT2D eigenvalue weighted by Crippen LogP contribution is 2.26. The summed E-state index contributed by atoms with van der Waals surface area (Å²) in [5.41, 5.74) is 4.57. The quantitative estimate of drug-likeness (QED) is 0.567. The van der Waals surface area contributed by atoms with Crippen molar-refractivity contribution in [3.63, 3.8) is 0 Å². The molecule has 4 nitrogen and oxygen atoms in total. The van der Waals surface area contributed by atoms with Crippen molar-refractivity contribution in [1.82, 2.24) is 15.1 Å². The van der Waals surface area contributed by atoms with Gasteiger partial charge in [0.15, 0.2) is 0 Å². The van der Waals surface area contributed by atoms with E-state index in [2.05, 4.69) is 53.7 Å². The van der Waals surface area contributed by atoms with Gasteiger partial charge in [0, 0.05) is 42.9 Å². The molecule has 0 spiro atoms. The highest BCUT2D eigenvalue weighted by molar-refractivity contribution is 5.82.